The van der Waals surface area contributed by atoms with Crippen LogP contribution in [0.2, 0.25) is 0 Å². The standard InChI is InChI=1S/C8H12N4O4S/c9-17(15,16)6-2-5-11-8-7(12(13)14)3-1-4-10-8/h1,3-4H,2,5-6H2,(H,10,11)(H2,9,15,16). The normalized spacial score (nSPS) is 11.1. The summed E-state index contributed by atoms with van der Waals surface area (Å²) in [5, 5.41) is 18.1. The molecule has 0 atom stereocenters. The molecule has 0 aliphatic carbocycles. The number of hydrogen-bond donors (Lipinski definition) is 2. The summed E-state index contributed by atoms with van der Waals surface area (Å²) in [6.45, 7) is 0.244. The van der Waals surface area contributed by atoms with E-state index in [4.69, 9.17) is 5.14 Å². The summed E-state index contributed by atoms with van der Waals surface area (Å²) in [5.41, 5.74) is -0.150. The van der Waals surface area contributed by atoms with Gasteiger partial charge in [-0.1, -0.05) is 0 Å². The molecule has 17 heavy (non-hydrogen) atoms. The van der Waals surface area contributed by atoms with Gasteiger partial charge in [-0.05, 0) is 12.5 Å². The molecule has 1 aromatic heterocycles. The Hall–Kier alpha value is -1.74. The van der Waals surface area contributed by atoms with Crippen LogP contribution in [0.15, 0.2) is 18.3 Å². The van der Waals surface area contributed by atoms with E-state index in [1.54, 1.807) is 0 Å². The van der Waals surface area contributed by atoms with Gasteiger partial charge >= 0.3 is 5.69 Å². The van der Waals surface area contributed by atoms with E-state index in [0.29, 0.717) is 0 Å². The monoisotopic (exact) mass is 260 g/mol. The summed E-state index contributed by atoms with van der Waals surface area (Å²) >= 11 is 0. The smallest absolute Gasteiger partial charge is 0.311 e. The zero-order valence-electron chi connectivity index (χ0n) is 8.87. The van der Waals surface area contributed by atoms with Gasteiger partial charge in [-0.2, -0.15) is 0 Å². The van der Waals surface area contributed by atoms with E-state index in [2.05, 4.69) is 10.3 Å². The minimum atomic E-state index is -3.50. The lowest BCUT2D eigenvalue weighted by molar-refractivity contribution is -0.384. The van der Waals surface area contributed by atoms with Crippen LogP contribution in [0.4, 0.5) is 11.5 Å². The van der Waals surface area contributed by atoms with E-state index in [0.717, 1.165) is 0 Å². The number of anilines is 1. The number of sulfonamides is 1. The lowest BCUT2D eigenvalue weighted by atomic mass is 10.4. The SMILES string of the molecule is NS(=O)(=O)CCCNc1ncccc1[N+](=O)[O-]. The van der Waals surface area contributed by atoms with Crippen molar-refractivity contribution < 1.29 is 13.3 Å². The van der Waals surface area contributed by atoms with Crippen molar-refractivity contribution in [1.82, 2.24) is 4.98 Å². The van der Waals surface area contributed by atoms with Crippen molar-refractivity contribution in [3.63, 3.8) is 0 Å². The van der Waals surface area contributed by atoms with E-state index < -0.39 is 14.9 Å². The number of hydrogen-bond acceptors (Lipinski definition) is 6. The number of pyridine rings is 1. The fraction of sp³-hybridized carbons (Fsp3) is 0.375. The van der Waals surface area contributed by atoms with Gasteiger partial charge in [-0.3, -0.25) is 10.1 Å². The van der Waals surface area contributed by atoms with Crippen LogP contribution >= 0.6 is 0 Å². The molecule has 0 spiro atoms. The average molecular weight is 260 g/mol. The zero-order valence-corrected chi connectivity index (χ0v) is 9.68. The summed E-state index contributed by atoms with van der Waals surface area (Å²) < 4.78 is 21.3. The molecule has 0 saturated heterocycles. The molecule has 8 nitrogen and oxygen atoms in total. The Morgan fingerprint density at radius 3 is 2.82 bits per heavy atom. The van der Waals surface area contributed by atoms with Crippen molar-refractivity contribution >= 4 is 21.5 Å². The Morgan fingerprint density at radius 1 is 1.53 bits per heavy atom. The van der Waals surface area contributed by atoms with Crippen molar-refractivity contribution in [2.45, 2.75) is 6.42 Å². The van der Waals surface area contributed by atoms with Crippen LogP contribution < -0.4 is 10.5 Å². The average Bonchev–Trinajstić information content (AvgIpc) is 2.23. The Kier molecular flexibility index (Phi) is 4.35. The van der Waals surface area contributed by atoms with Crippen LogP contribution in [0.5, 0.6) is 0 Å². The van der Waals surface area contributed by atoms with Crippen molar-refractivity contribution in [1.29, 1.82) is 0 Å². The Bertz CT molecular complexity index is 502. The Labute approximate surface area is 98.0 Å². The highest BCUT2D eigenvalue weighted by Crippen LogP contribution is 2.19. The van der Waals surface area contributed by atoms with Gasteiger partial charge in [0.2, 0.25) is 15.8 Å². The first-order valence-corrected chi connectivity index (χ1v) is 6.45. The third kappa shape index (κ3) is 4.74. The molecule has 0 fully saturated rings. The lowest BCUT2D eigenvalue weighted by Gasteiger charge is -2.04. The summed E-state index contributed by atoms with van der Waals surface area (Å²) in [5.74, 6) is -0.0624. The second kappa shape index (κ2) is 5.55. The number of primary sulfonamides is 1. The quantitative estimate of drug-likeness (QED) is 0.423. The van der Waals surface area contributed by atoms with Gasteiger partial charge in [0, 0.05) is 18.8 Å². The topological polar surface area (TPSA) is 128 Å². The first-order valence-electron chi connectivity index (χ1n) is 4.74. The molecule has 0 amide bonds. The molecule has 0 unspecified atom stereocenters. The highest BCUT2D eigenvalue weighted by molar-refractivity contribution is 7.89. The van der Waals surface area contributed by atoms with Crippen LogP contribution in [0.1, 0.15) is 6.42 Å². The molecule has 3 N–H and O–H groups in total. The fourth-order valence-corrected chi connectivity index (χ4v) is 1.71. The maximum Gasteiger partial charge on any atom is 0.311 e. The van der Waals surface area contributed by atoms with Gasteiger partial charge in [-0.25, -0.2) is 18.5 Å². The van der Waals surface area contributed by atoms with Crippen LogP contribution in [0.3, 0.4) is 0 Å². The summed E-state index contributed by atoms with van der Waals surface area (Å²) in [6.07, 6.45) is 1.67. The van der Waals surface area contributed by atoms with E-state index in [1.165, 1.54) is 18.3 Å². The highest BCUT2D eigenvalue weighted by Gasteiger charge is 2.13. The molecule has 1 aromatic rings. The molecule has 0 aromatic carbocycles. The first kappa shape index (κ1) is 13.3. The number of nitrogens with one attached hydrogen (secondary N) is 1. The predicted molar refractivity (Wildman–Crippen MR) is 62.0 cm³/mol. The number of aromatic nitrogens is 1. The second-order valence-electron chi connectivity index (χ2n) is 3.28. The van der Waals surface area contributed by atoms with Crippen molar-refractivity contribution in [2.24, 2.45) is 5.14 Å². The minimum absolute atomic E-state index is 0.118. The zero-order chi connectivity index (χ0) is 12.9. The van der Waals surface area contributed by atoms with Crippen LogP contribution in [0.25, 0.3) is 0 Å². The van der Waals surface area contributed by atoms with Crippen molar-refractivity contribution in [3.05, 3.63) is 28.4 Å². The number of nitrogens with two attached hydrogens (primary N) is 1. The summed E-state index contributed by atoms with van der Waals surface area (Å²) in [6, 6.07) is 2.77. The molecule has 0 radical (unpaired) electrons. The van der Waals surface area contributed by atoms with Gasteiger partial charge in [0.1, 0.15) is 0 Å². The second-order valence-corrected chi connectivity index (χ2v) is 5.01. The lowest BCUT2D eigenvalue weighted by Crippen LogP contribution is -2.19. The molecule has 0 bridgehead atoms. The van der Waals surface area contributed by atoms with Gasteiger partial charge < -0.3 is 5.32 Å². The molecule has 9 heteroatoms. The van der Waals surface area contributed by atoms with E-state index in [-0.39, 0.29) is 30.2 Å². The molecular weight excluding hydrogens is 248 g/mol. The largest absolute Gasteiger partial charge is 0.364 e. The van der Waals surface area contributed by atoms with Gasteiger partial charge in [0.25, 0.3) is 0 Å². The molecule has 0 saturated carbocycles. The van der Waals surface area contributed by atoms with Gasteiger partial charge in [0.15, 0.2) is 0 Å². The maximum atomic E-state index is 10.6. The molecule has 1 heterocycles. The Balaban J connectivity index is 2.55. The number of rotatable bonds is 6. The molecule has 94 valence electrons. The summed E-state index contributed by atoms with van der Waals surface area (Å²) in [4.78, 5) is 13.9. The van der Waals surface area contributed by atoms with Crippen molar-refractivity contribution in [2.75, 3.05) is 17.6 Å². The minimum Gasteiger partial charge on any atom is -0.364 e. The number of nitro groups is 1. The van der Waals surface area contributed by atoms with E-state index >= 15 is 0 Å². The van der Waals surface area contributed by atoms with E-state index in [1.807, 2.05) is 0 Å². The summed E-state index contributed by atoms with van der Waals surface area (Å²) in [7, 11) is -3.50. The van der Waals surface area contributed by atoms with Crippen LogP contribution in [-0.2, 0) is 10.0 Å². The highest BCUT2D eigenvalue weighted by atomic mass is 32.2. The predicted octanol–water partition coefficient (Wildman–Crippen LogP) is 0.0803. The maximum absolute atomic E-state index is 10.6. The van der Waals surface area contributed by atoms with Gasteiger partial charge in [0.05, 0.1) is 10.7 Å². The first-order chi connectivity index (χ1) is 7.90. The third-order valence-corrected chi connectivity index (χ3v) is 2.74. The van der Waals surface area contributed by atoms with Crippen LogP contribution in [0, 0.1) is 10.1 Å². The van der Waals surface area contributed by atoms with Crippen LogP contribution in [-0.4, -0.2) is 30.6 Å². The molecule has 0 aliphatic rings. The molecular formula is C8H12N4O4S. The van der Waals surface area contributed by atoms with E-state index in [9.17, 15) is 18.5 Å². The third-order valence-electron chi connectivity index (χ3n) is 1.88. The molecule has 0 aliphatic heterocycles. The fourth-order valence-electron chi connectivity index (χ4n) is 1.16. The Morgan fingerprint density at radius 2 is 2.24 bits per heavy atom. The number of nitrogens with zero attached hydrogens (tertiary/aromatic N) is 2. The molecule has 1 rings (SSSR count). The van der Waals surface area contributed by atoms with Crippen molar-refractivity contribution in [3.8, 4) is 0 Å². The van der Waals surface area contributed by atoms with Gasteiger partial charge in [-0.15, -0.1) is 0 Å².